The van der Waals surface area contributed by atoms with Crippen molar-refractivity contribution < 1.29 is 17.6 Å². The molecule has 1 heterocycles. The van der Waals surface area contributed by atoms with Gasteiger partial charge in [-0.05, 0) is 30.3 Å². The SMILES string of the molecule is Cn1nc(C(=O)NNS(=O)(=O)c2ccc(F)cc2)c2ccccc2c1=O. The molecule has 0 fully saturated rings. The van der Waals surface area contributed by atoms with Gasteiger partial charge in [0.2, 0.25) is 0 Å². The zero-order chi connectivity index (χ0) is 18.9. The van der Waals surface area contributed by atoms with E-state index in [2.05, 4.69) is 5.10 Å². The van der Waals surface area contributed by atoms with E-state index in [1.54, 1.807) is 18.2 Å². The van der Waals surface area contributed by atoms with Crippen LogP contribution in [0.1, 0.15) is 10.5 Å². The number of benzene rings is 2. The van der Waals surface area contributed by atoms with E-state index in [0.29, 0.717) is 0 Å². The molecule has 26 heavy (non-hydrogen) atoms. The summed E-state index contributed by atoms with van der Waals surface area (Å²) < 4.78 is 38.2. The number of rotatable bonds is 4. The number of amides is 1. The van der Waals surface area contributed by atoms with E-state index in [1.165, 1.54) is 13.1 Å². The Balaban J connectivity index is 1.89. The average molecular weight is 376 g/mol. The first kappa shape index (κ1) is 17.7. The number of sulfonamides is 1. The maximum absolute atomic E-state index is 12.9. The third-order valence-corrected chi connectivity index (χ3v) is 4.86. The maximum Gasteiger partial charge on any atom is 0.287 e. The van der Waals surface area contributed by atoms with Gasteiger partial charge < -0.3 is 0 Å². The summed E-state index contributed by atoms with van der Waals surface area (Å²) in [4.78, 5) is 26.1. The fourth-order valence-corrected chi connectivity index (χ4v) is 3.15. The molecule has 0 saturated carbocycles. The number of nitrogens with zero attached hydrogens (tertiary/aromatic N) is 2. The van der Waals surface area contributed by atoms with Crippen LogP contribution >= 0.6 is 0 Å². The Bertz CT molecular complexity index is 1160. The number of carbonyl (C=O) groups excluding carboxylic acids is 1. The Morgan fingerprint density at radius 1 is 1.08 bits per heavy atom. The van der Waals surface area contributed by atoms with Gasteiger partial charge in [0.15, 0.2) is 5.69 Å². The number of aromatic nitrogens is 2. The Hall–Kier alpha value is -3.11. The number of hydrogen-bond donors (Lipinski definition) is 2. The van der Waals surface area contributed by atoms with Gasteiger partial charge in [0.05, 0.1) is 10.3 Å². The monoisotopic (exact) mass is 376 g/mol. The fraction of sp³-hybridized carbons (Fsp3) is 0.0625. The van der Waals surface area contributed by atoms with E-state index in [0.717, 1.165) is 28.9 Å². The standard InChI is InChI=1S/C16H13FN4O4S/c1-21-16(23)13-5-3-2-4-12(13)14(19-21)15(22)18-20-26(24,25)11-8-6-10(17)7-9-11/h2-9,20H,1H3,(H,18,22). The highest BCUT2D eigenvalue weighted by Crippen LogP contribution is 2.13. The molecule has 0 radical (unpaired) electrons. The lowest BCUT2D eigenvalue weighted by Gasteiger charge is -2.10. The molecule has 0 unspecified atom stereocenters. The molecule has 3 aromatic rings. The molecule has 0 spiro atoms. The van der Waals surface area contributed by atoms with Gasteiger partial charge in [-0.25, -0.2) is 17.5 Å². The predicted octanol–water partition coefficient (Wildman–Crippen LogP) is 0.696. The summed E-state index contributed by atoms with van der Waals surface area (Å²) >= 11 is 0. The zero-order valence-electron chi connectivity index (χ0n) is 13.4. The average Bonchev–Trinajstić information content (AvgIpc) is 2.63. The van der Waals surface area contributed by atoms with Crippen molar-refractivity contribution in [2.75, 3.05) is 0 Å². The molecule has 3 rings (SSSR count). The van der Waals surface area contributed by atoms with Gasteiger partial charge >= 0.3 is 0 Å². The molecule has 0 aliphatic rings. The molecule has 0 aliphatic carbocycles. The Morgan fingerprint density at radius 2 is 1.69 bits per heavy atom. The summed E-state index contributed by atoms with van der Waals surface area (Å²) in [6, 6.07) is 10.4. The van der Waals surface area contributed by atoms with Crippen LogP contribution < -0.4 is 15.8 Å². The second-order valence-electron chi connectivity index (χ2n) is 5.34. The van der Waals surface area contributed by atoms with Crippen molar-refractivity contribution in [3.05, 3.63) is 70.4 Å². The molecule has 134 valence electrons. The summed E-state index contributed by atoms with van der Waals surface area (Å²) in [5, 5.41) is 4.45. The summed E-state index contributed by atoms with van der Waals surface area (Å²) in [5.41, 5.74) is 1.54. The molecule has 2 aromatic carbocycles. The van der Waals surface area contributed by atoms with Gasteiger partial charge in [-0.1, -0.05) is 18.2 Å². The van der Waals surface area contributed by atoms with Crippen LogP contribution in [0, 0.1) is 5.82 Å². The summed E-state index contributed by atoms with van der Waals surface area (Å²) in [6.45, 7) is 0. The highest BCUT2D eigenvalue weighted by Gasteiger charge is 2.19. The van der Waals surface area contributed by atoms with E-state index < -0.39 is 21.7 Å². The molecule has 1 aromatic heterocycles. The molecule has 2 N–H and O–H groups in total. The largest absolute Gasteiger partial charge is 0.287 e. The van der Waals surface area contributed by atoms with E-state index >= 15 is 0 Å². The third-order valence-electron chi connectivity index (χ3n) is 3.59. The maximum atomic E-state index is 12.9. The van der Waals surface area contributed by atoms with Crippen molar-refractivity contribution in [1.82, 2.24) is 20.0 Å². The van der Waals surface area contributed by atoms with Crippen molar-refractivity contribution in [1.29, 1.82) is 0 Å². The zero-order valence-corrected chi connectivity index (χ0v) is 14.2. The smallest absolute Gasteiger partial charge is 0.272 e. The molecule has 8 nitrogen and oxygen atoms in total. The van der Waals surface area contributed by atoms with Gasteiger partial charge in [0, 0.05) is 12.4 Å². The molecular formula is C16H13FN4O4S. The Morgan fingerprint density at radius 3 is 2.35 bits per heavy atom. The van der Waals surface area contributed by atoms with Crippen LogP contribution in [0.2, 0.25) is 0 Å². The van der Waals surface area contributed by atoms with E-state index in [-0.39, 0.29) is 26.9 Å². The summed E-state index contributed by atoms with van der Waals surface area (Å²) in [6.07, 6.45) is 0. The molecule has 0 aliphatic heterocycles. The van der Waals surface area contributed by atoms with Crippen LogP contribution in [0.4, 0.5) is 4.39 Å². The van der Waals surface area contributed by atoms with Gasteiger partial charge in [0.1, 0.15) is 5.82 Å². The van der Waals surface area contributed by atoms with Crippen LogP contribution in [0.15, 0.2) is 58.2 Å². The molecule has 1 amide bonds. The fourth-order valence-electron chi connectivity index (χ4n) is 2.31. The number of fused-ring (bicyclic) bond motifs is 1. The summed E-state index contributed by atoms with van der Waals surface area (Å²) in [7, 11) is -2.71. The number of nitrogens with one attached hydrogen (secondary N) is 2. The van der Waals surface area contributed by atoms with Gasteiger partial charge in [-0.2, -0.15) is 5.10 Å². The van der Waals surface area contributed by atoms with Crippen molar-refractivity contribution in [2.24, 2.45) is 7.05 Å². The van der Waals surface area contributed by atoms with Crippen LogP contribution in [-0.4, -0.2) is 24.1 Å². The summed E-state index contributed by atoms with van der Waals surface area (Å²) in [5.74, 6) is -1.43. The van der Waals surface area contributed by atoms with Gasteiger partial charge in [-0.3, -0.25) is 15.0 Å². The lowest BCUT2D eigenvalue weighted by atomic mass is 10.1. The molecule has 0 atom stereocenters. The number of aryl methyl sites for hydroxylation is 1. The molecule has 0 bridgehead atoms. The number of hydrogen-bond acceptors (Lipinski definition) is 5. The first-order valence-corrected chi connectivity index (χ1v) is 8.82. The molecular weight excluding hydrogens is 363 g/mol. The van der Waals surface area contributed by atoms with Crippen molar-refractivity contribution >= 4 is 26.7 Å². The highest BCUT2D eigenvalue weighted by molar-refractivity contribution is 7.89. The highest BCUT2D eigenvalue weighted by atomic mass is 32.2. The minimum Gasteiger partial charge on any atom is -0.272 e. The van der Waals surface area contributed by atoms with Crippen LogP contribution in [0.3, 0.4) is 0 Å². The van der Waals surface area contributed by atoms with Crippen LogP contribution in [0.5, 0.6) is 0 Å². The van der Waals surface area contributed by atoms with Gasteiger partial charge in [-0.15, -0.1) is 4.83 Å². The molecule has 10 heteroatoms. The topological polar surface area (TPSA) is 110 Å². The lowest BCUT2D eigenvalue weighted by Crippen LogP contribution is -2.42. The van der Waals surface area contributed by atoms with Crippen molar-refractivity contribution in [3.8, 4) is 0 Å². The quantitative estimate of drug-likeness (QED) is 0.651. The Labute approximate surface area is 147 Å². The van der Waals surface area contributed by atoms with Crippen molar-refractivity contribution in [2.45, 2.75) is 4.90 Å². The van der Waals surface area contributed by atoms with Crippen molar-refractivity contribution in [3.63, 3.8) is 0 Å². The minimum absolute atomic E-state index is 0.121. The number of hydrazine groups is 1. The first-order valence-electron chi connectivity index (χ1n) is 7.33. The molecule has 0 saturated heterocycles. The number of carbonyl (C=O) groups is 1. The third kappa shape index (κ3) is 3.32. The van der Waals surface area contributed by atoms with Gasteiger partial charge in [0.25, 0.3) is 21.5 Å². The first-order chi connectivity index (χ1) is 12.3. The van der Waals surface area contributed by atoms with E-state index in [4.69, 9.17) is 0 Å². The number of halogens is 1. The van der Waals surface area contributed by atoms with Crippen LogP contribution in [-0.2, 0) is 17.1 Å². The lowest BCUT2D eigenvalue weighted by molar-refractivity contribution is 0.0940. The second kappa shape index (κ2) is 6.65. The van der Waals surface area contributed by atoms with Crippen LogP contribution in [0.25, 0.3) is 10.8 Å². The normalized spacial score (nSPS) is 11.5. The van der Waals surface area contributed by atoms with E-state index in [1.807, 2.05) is 10.3 Å². The predicted molar refractivity (Wildman–Crippen MR) is 91.2 cm³/mol. The Kier molecular flexibility index (Phi) is 4.53. The minimum atomic E-state index is -4.10. The second-order valence-corrected chi connectivity index (χ2v) is 7.02. The van der Waals surface area contributed by atoms with E-state index in [9.17, 15) is 22.4 Å².